The third kappa shape index (κ3) is 9.47. The Hall–Kier alpha value is -4.61. The first-order valence-electron chi connectivity index (χ1n) is 22.5. The number of pyridine rings is 1. The molecule has 16 heteroatoms. The van der Waals surface area contributed by atoms with Gasteiger partial charge in [-0.25, -0.2) is 17.8 Å². The van der Waals surface area contributed by atoms with Gasteiger partial charge in [0.2, 0.25) is 10.0 Å². The summed E-state index contributed by atoms with van der Waals surface area (Å²) < 4.78 is 62.0. The number of aliphatic hydroxyl groups excluding tert-OH is 1. The molecule has 0 spiro atoms. The van der Waals surface area contributed by atoms with E-state index in [9.17, 15) is 23.6 Å². The number of aromatic nitrogens is 2. The number of fused-ring (bicyclic) bond motifs is 2. The Morgan fingerprint density at radius 3 is 2.59 bits per heavy atom. The van der Waals surface area contributed by atoms with Crippen molar-refractivity contribution in [3.8, 4) is 17.2 Å². The fourth-order valence-corrected chi connectivity index (χ4v) is 11.7. The first-order chi connectivity index (χ1) is 30.2. The number of hydrogen-bond acceptors (Lipinski definition) is 11. The molecule has 2 aromatic carbocycles. The Morgan fingerprint density at radius 1 is 1.05 bits per heavy atom. The van der Waals surface area contributed by atoms with Crippen molar-refractivity contribution in [3.63, 3.8) is 0 Å². The molecule has 5 aliphatic rings. The quantitative estimate of drug-likeness (QED) is 0.0453. The number of aromatic amines is 1. The van der Waals surface area contributed by atoms with E-state index in [1.54, 1.807) is 41.7 Å². The molecule has 4 fully saturated rings. The molecule has 2 saturated heterocycles. The lowest BCUT2D eigenvalue weighted by atomic mass is 9.69. The van der Waals surface area contributed by atoms with E-state index in [2.05, 4.69) is 45.3 Å². The van der Waals surface area contributed by atoms with Gasteiger partial charge in [-0.15, -0.1) is 0 Å². The Morgan fingerprint density at radius 2 is 1.84 bits per heavy atom. The van der Waals surface area contributed by atoms with Gasteiger partial charge in [0.15, 0.2) is 5.75 Å². The fraction of sp³-hybridized carbons (Fsp3) is 0.553. The number of halogens is 1. The first kappa shape index (κ1) is 43.6. The molecule has 0 amide bonds. The molecular formula is C47H59FN6O8S. The zero-order valence-corrected chi connectivity index (χ0v) is 37.2. The average molecular weight is 887 g/mol. The van der Waals surface area contributed by atoms with Crippen LogP contribution in [0.25, 0.3) is 11.0 Å². The molecule has 338 valence electrons. The zero-order valence-electron chi connectivity index (χ0n) is 36.4. The Kier molecular flexibility index (Phi) is 12.1. The van der Waals surface area contributed by atoms with Gasteiger partial charge in [0, 0.05) is 93.7 Å². The summed E-state index contributed by atoms with van der Waals surface area (Å²) in [5.74, 6) is 3.81. The summed E-state index contributed by atoms with van der Waals surface area (Å²) in [5.41, 5.74) is 3.09. The first-order valence-corrected chi connectivity index (χ1v) is 24.0. The number of piperazine rings is 1. The van der Waals surface area contributed by atoms with Crippen LogP contribution in [-0.4, -0.2) is 91.5 Å². The molecule has 9 rings (SSSR count). The molecule has 4 heterocycles. The number of H-pyrrole nitrogens is 1. The molecule has 2 saturated carbocycles. The summed E-state index contributed by atoms with van der Waals surface area (Å²) in [6.07, 6.45) is 9.37. The number of alkyl halides is 1. The van der Waals surface area contributed by atoms with Gasteiger partial charge in [-0.3, -0.25) is 15.0 Å². The van der Waals surface area contributed by atoms with E-state index < -0.39 is 44.0 Å². The number of benzene rings is 2. The maximum absolute atomic E-state index is 15.2. The van der Waals surface area contributed by atoms with E-state index in [1.807, 2.05) is 12.1 Å². The third-order valence-corrected chi connectivity index (χ3v) is 15.8. The lowest BCUT2D eigenvalue weighted by molar-refractivity contribution is -0.386. The molecule has 4 aromatic rings. The molecule has 63 heavy (non-hydrogen) atoms. The number of nitrogens with one attached hydrogen (secondary N) is 2. The molecule has 0 radical (unpaired) electrons. The van der Waals surface area contributed by atoms with E-state index in [4.69, 9.17) is 14.2 Å². The normalized spacial score (nSPS) is 25.2. The Labute approximate surface area is 368 Å². The predicted octanol–water partition coefficient (Wildman–Crippen LogP) is 8.44. The topological polar surface area (TPSA) is 172 Å². The average Bonchev–Trinajstić information content (AvgIpc) is 3.75. The monoisotopic (exact) mass is 886 g/mol. The van der Waals surface area contributed by atoms with Crippen molar-refractivity contribution in [3.05, 3.63) is 87.7 Å². The van der Waals surface area contributed by atoms with Crippen LogP contribution in [0.4, 0.5) is 15.8 Å². The third-order valence-electron chi connectivity index (χ3n) is 14.4. The maximum atomic E-state index is 15.2. The standard InChI is InChI=1S/C47H59FN6O8S/c1-4-30-22-38(39-25-37(30)39)40-26-46(2,3)11-9-32(40)28-52-15-17-53(18-16-52)33-5-7-36(43(23-33)62-34-21-31-10-14-49-44(31)50-27-34)45(55)51-63(58,59)35-6-8-42(41(24-35)54(56)57)61-29-47(48)12-19-60-20-13-47/h5-8,10,14,21,23-24,27,30,37-39,45,51,55H,4,9,11-13,15-20,22,25-26,28-29H2,1-3H3,(H,49,50)/t30-,37?,38+,39?,45?/m0/s1. The predicted molar refractivity (Wildman–Crippen MR) is 237 cm³/mol. The number of allylic oxidation sites excluding steroid dienone is 1. The van der Waals surface area contributed by atoms with Gasteiger partial charge < -0.3 is 29.2 Å². The van der Waals surface area contributed by atoms with Crippen LogP contribution in [-0.2, 0) is 14.8 Å². The molecule has 0 bridgehead atoms. The number of aliphatic hydroxyl groups is 1. The van der Waals surface area contributed by atoms with E-state index >= 15 is 4.39 Å². The smallest absolute Gasteiger partial charge is 0.312 e. The van der Waals surface area contributed by atoms with Crippen molar-refractivity contribution in [2.75, 3.05) is 57.4 Å². The number of nitrogens with zero attached hydrogens (tertiary/aromatic N) is 4. The minimum absolute atomic E-state index is 0.0776. The van der Waals surface area contributed by atoms with Crippen molar-refractivity contribution >= 4 is 32.4 Å². The van der Waals surface area contributed by atoms with Gasteiger partial charge >= 0.3 is 5.69 Å². The van der Waals surface area contributed by atoms with E-state index in [-0.39, 0.29) is 43.1 Å². The summed E-state index contributed by atoms with van der Waals surface area (Å²) >= 11 is 0. The van der Waals surface area contributed by atoms with Crippen LogP contribution < -0.4 is 19.1 Å². The van der Waals surface area contributed by atoms with Crippen LogP contribution in [0.1, 0.15) is 83.9 Å². The molecule has 5 atom stereocenters. The highest BCUT2D eigenvalue weighted by Crippen LogP contribution is 2.63. The summed E-state index contributed by atoms with van der Waals surface area (Å²) in [4.78, 5) is 23.2. The summed E-state index contributed by atoms with van der Waals surface area (Å²) in [7, 11) is -4.55. The van der Waals surface area contributed by atoms with Crippen LogP contribution in [0.5, 0.6) is 17.2 Å². The molecule has 3 N–H and O–H groups in total. The minimum atomic E-state index is -4.55. The summed E-state index contributed by atoms with van der Waals surface area (Å²) in [5, 5.41) is 24.4. The van der Waals surface area contributed by atoms with Crippen molar-refractivity contribution in [2.45, 2.75) is 88.9 Å². The lowest BCUT2D eigenvalue weighted by Crippen LogP contribution is -2.47. The number of hydrogen-bond donors (Lipinski definition) is 3. The van der Waals surface area contributed by atoms with Crippen molar-refractivity contribution in [2.24, 2.45) is 29.1 Å². The summed E-state index contributed by atoms with van der Waals surface area (Å²) in [6.45, 7) is 11.6. The molecule has 2 aliphatic heterocycles. The van der Waals surface area contributed by atoms with Gasteiger partial charge in [-0.1, -0.05) is 38.3 Å². The van der Waals surface area contributed by atoms with Crippen LogP contribution in [0.3, 0.4) is 0 Å². The fourth-order valence-electron chi connectivity index (χ4n) is 10.6. The second-order valence-electron chi connectivity index (χ2n) is 19.2. The van der Waals surface area contributed by atoms with Crippen molar-refractivity contribution in [1.29, 1.82) is 0 Å². The summed E-state index contributed by atoms with van der Waals surface area (Å²) in [6, 6.07) is 12.0. The van der Waals surface area contributed by atoms with Crippen molar-refractivity contribution in [1.82, 2.24) is 19.6 Å². The second kappa shape index (κ2) is 17.4. The van der Waals surface area contributed by atoms with E-state index in [0.717, 1.165) is 85.7 Å². The highest BCUT2D eigenvalue weighted by atomic mass is 32.2. The molecular weight excluding hydrogens is 828 g/mol. The largest absolute Gasteiger partial charge is 0.483 e. The highest BCUT2D eigenvalue weighted by molar-refractivity contribution is 7.89. The second-order valence-corrected chi connectivity index (χ2v) is 20.9. The van der Waals surface area contributed by atoms with Crippen LogP contribution in [0, 0.1) is 39.2 Å². The maximum Gasteiger partial charge on any atom is 0.312 e. The molecule has 3 unspecified atom stereocenters. The minimum Gasteiger partial charge on any atom is -0.483 e. The number of nitro benzene ring substituents is 1. The highest BCUT2D eigenvalue weighted by Gasteiger charge is 2.55. The van der Waals surface area contributed by atoms with Crippen LogP contribution in [0.15, 0.2) is 77.0 Å². The Bertz CT molecular complexity index is 2480. The number of anilines is 1. The SMILES string of the molecule is CC[C@H]1C[C@@H](C2=C(CN3CCN(c4ccc(C(O)NS(=O)(=O)c5ccc(OCC6(F)CCOCC6)c([N+](=O)[O-])c5)c(Oc5cnc6[nH]ccc6c5)c4)CC3)CCC(C)(C)C2)C2CC21. The molecule has 3 aliphatic carbocycles. The Balaban J connectivity index is 0.919. The van der Waals surface area contributed by atoms with Crippen molar-refractivity contribution < 1.29 is 37.0 Å². The van der Waals surface area contributed by atoms with E-state index in [1.165, 1.54) is 38.5 Å². The number of ether oxygens (including phenoxy) is 3. The van der Waals surface area contributed by atoms with Gasteiger partial charge in [0.25, 0.3) is 0 Å². The van der Waals surface area contributed by atoms with Gasteiger partial charge in [-0.2, -0.15) is 4.72 Å². The van der Waals surface area contributed by atoms with Crippen LogP contribution in [0.2, 0.25) is 0 Å². The number of rotatable bonds is 15. The zero-order chi connectivity index (χ0) is 44.1. The lowest BCUT2D eigenvalue weighted by Gasteiger charge is -2.40. The van der Waals surface area contributed by atoms with Gasteiger partial charge in [0.05, 0.1) is 16.0 Å². The number of sulfonamides is 1. The molecule has 2 aromatic heterocycles. The number of nitro groups is 1. The van der Waals surface area contributed by atoms with Crippen LogP contribution >= 0.6 is 0 Å². The van der Waals surface area contributed by atoms with Gasteiger partial charge in [-0.05, 0) is 97.6 Å². The van der Waals surface area contributed by atoms with E-state index in [0.29, 0.717) is 16.8 Å². The van der Waals surface area contributed by atoms with Gasteiger partial charge in [0.1, 0.15) is 35.6 Å². The molecule has 14 nitrogen and oxygen atoms in total.